The van der Waals surface area contributed by atoms with Gasteiger partial charge in [-0.25, -0.2) is 0 Å². The lowest BCUT2D eigenvalue weighted by Crippen LogP contribution is -2.42. The largest absolute Gasteiger partial charge is 0.481 e. The zero-order valence-corrected chi connectivity index (χ0v) is 16.8. The van der Waals surface area contributed by atoms with E-state index in [-0.39, 0.29) is 18.2 Å². The first-order valence-electron chi connectivity index (χ1n) is 10.0. The zero-order valence-electron chi connectivity index (χ0n) is 16.8. The quantitative estimate of drug-likeness (QED) is 0.766. The Balaban J connectivity index is 1.42. The minimum absolute atomic E-state index is 0.000617. The summed E-state index contributed by atoms with van der Waals surface area (Å²) in [6, 6.07) is 7.54. The first-order chi connectivity index (χ1) is 13.9. The molecule has 3 heterocycles. The molecule has 0 spiro atoms. The highest BCUT2D eigenvalue weighted by Gasteiger charge is 2.58. The van der Waals surface area contributed by atoms with E-state index >= 15 is 0 Å². The number of amides is 1. The Bertz CT molecular complexity index is 911. The molecule has 2 atom stereocenters. The third-order valence-electron chi connectivity index (χ3n) is 6.16. The maximum atomic E-state index is 12.9. The number of rotatable bonds is 6. The number of hydrogen-bond donors (Lipinski definition) is 1. The van der Waals surface area contributed by atoms with Crippen molar-refractivity contribution in [1.29, 1.82) is 0 Å². The highest BCUT2D eigenvalue weighted by atomic mass is 16.4. The van der Waals surface area contributed by atoms with E-state index in [4.69, 9.17) is 0 Å². The molecule has 0 bridgehead atoms. The first-order valence-corrected chi connectivity index (χ1v) is 10.0. The van der Waals surface area contributed by atoms with Gasteiger partial charge in [-0.2, -0.15) is 4.68 Å². The molecule has 0 saturated carbocycles. The molecule has 4 rings (SSSR count). The van der Waals surface area contributed by atoms with Crippen LogP contribution < -0.4 is 0 Å². The minimum Gasteiger partial charge on any atom is -0.481 e. The normalized spacial score (nSPS) is 24.1. The number of hydrogen-bond acceptors (Lipinski definition) is 6. The second-order valence-electron chi connectivity index (χ2n) is 8.15. The smallest absolute Gasteiger partial charge is 0.313 e. The lowest BCUT2D eigenvalue weighted by Gasteiger charge is -2.25. The summed E-state index contributed by atoms with van der Waals surface area (Å²) < 4.78 is 1.63. The van der Waals surface area contributed by atoms with Crippen LogP contribution >= 0.6 is 0 Å². The molecule has 9 heteroatoms. The maximum absolute atomic E-state index is 12.9. The van der Waals surface area contributed by atoms with Gasteiger partial charge in [0, 0.05) is 32.1 Å². The van der Waals surface area contributed by atoms with Crippen molar-refractivity contribution in [1.82, 2.24) is 30.0 Å². The summed E-state index contributed by atoms with van der Waals surface area (Å²) in [4.78, 5) is 28.9. The van der Waals surface area contributed by atoms with Gasteiger partial charge in [0.05, 0.1) is 12.1 Å². The predicted octanol–water partition coefficient (Wildman–Crippen LogP) is 0.768. The Morgan fingerprint density at radius 1 is 1.21 bits per heavy atom. The van der Waals surface area contributed by atoms with Crippen molar-refractivity contribution < 1.29 is 14.7 Å². The number of aliphatic carboxylic acids is 1. The summed E-state index contributed by atoms with van der Waals surface area (Å²) in [6.45, 7) is 6.94. The van der Waals surface area contributed by atoms with Gasteiger partial charge in [0.2, 0.25) is 5.91 Å². The number of carboxylic acid groups (broad SMARTS) is 1. The zero-order chi connectivity index (χ0) is 20.6. The standard InChI is InChI=1S/C20H26N6O3/c1-3-8-24-10-16-11-25(13-20(16,12-24)19(28)29)18(27)9-15-4-6-17(7-5-15)26-14(2)21-22-23-26/h4-7,16H,3,8-13H2,1-2H3,(H,28,29)/t16-,20-/m0/s1. The third-order valence-corrected chi connectivity index (χ3v) is 6.16. The molecule has 0 unspecified atom stereocenters. The van der Waals surface area contributed by atoms with Crippen LogP contribution in [0.5, 0.6) is 0 Å². The number of nitrogens with zero attached hydrogens (tertiary/aromatic N) is 6. The number of carbonyl (C=O) groups is 2. The molecule has 2 aliphatic heterocycles. The van der Waals surface area contributed by atoms with Gasteiger partial charge in [0.1, 0.15) is 5.41 Å². The Kier molecular flexibility index (Phi) is 5.08. The van der Waals surface area contributed by atoms with E-state index in [0.29, 0.717) is 25.5 Å². The molecule has 9 nitrogen and oxygen atoms in total. The summed E-state index contributed by atoms with van der Waals surface area (Å²) in [5.41, 5.74) is 0.894. The Hall–Kier alpha value is -2.81. The van der Waals surface area contributed by atoms with E-state index in [1.54, 1.807) is 9.58 Å². The van der Waals surface area contributed by atoms with Gasteiger partial charge in [-0.15, -0.1) is 5.10 Å². The molecule has 1 N–H and O–H groups in total. The lowest BCUT2D eigenvalue weighted by molar-refractivity contribution is -0.149. The molecule has 29 heavy (non-hydrogen) atoms. The van der Waals surface area contributed by atoms with Gasteiger partial charge >= 0.3 is 5.97 Å². The van der Waals surface area contributed by atoms with Crippen molar-refractivity contribution in [3.8, 4) is 5.69 Å². The fraction of sp³-hybridized carbons (Fsp3) is 0.550. The van der Waals surface area contributed by atoms with Crippen molar-refractivity contribution in [2.45, 2.75) is 26.7 Å². The Morgan fingerprint density at radius 2 is 1.97 bits per heavy atom. The van der Waals surface area contributed by atoms with Crippen molar-refractivity contribution in [2.75, 3.05) is 32.7 Å². The Labute approximate surface area is 169 Å². The van der Waals surface area contributed by atoms with Gasteiger partial charge in [-0.1, -0.05) is 19.1 Å². The summed E-state index contributed by atoms with van der Waals surface area (Å²) in [6.07, 6.45) is 1.27. The molecule has 2 fully saturated rings. The molecule has 1 amide bonds. The van der Waals surface area contributed by atoms with E-state index in [0.717, 1.165) is 30.8 Å². The molecule has 0 aliphatic carbocycles. The monoisotopic (exact) mass is 398 g/mol. The summed E-state index contributed by atoms with van der Waals surface area (Å²) >= 11 is 0. The van der Waals surface area contributed by atoms with Crippen LogP contribution in [0.25, 0.3) is 5.69 Å². The molecule has 0 radical (unpaired) electrons. The second-order valence-corrected chi connectivity index (χ2v) is 8.15. The van der Waals surface area contributed by atoms with Gasteiger partial charge in [-0.3, -0.25) is 9.59 Å². The van der Waals surface area contributed by atoms with Crippen LogP contribution in [0, 0.1) is 18.3 Å². The van der Waals surface area contributed by atoms with Gasteiger partial charge < -0.3 is 14.9 Å². The lowest BCUT2D eigenvalue weighted by atomic mass is 9.81. The van der Waals surface area contributed by atoms with E-state index in [2.05, 4.69) is 27.3 Å². The van der Waals surface area contributed by atoms with Crippen molar-refractivity contribution in [3.05, 3.63) is 35.7 Å². The number of likely N-dealkylation sites (tertiary alicyclic amines) is 2. The summed E-state index contributed by atoms with van der Waals surface area (Å²) in [7, 11) is 0. The van der Waals surface area contributed by atoms with Crippen LogP contribution in [0.3, 0.4) is 0 Å². The van der Waals surface area contributed by atoms with Crippen LogP contribution in [-0.4, -0.2) is 79.7 Å². The number of benzene rings is 1. The fourth-order valence-electron chi connectivity index (χ4n) is 4.66. The SMILES string of the molecule is CCCN1C[C@H]2CN(C(=O)Cc3ccc(-n4nnnc4C)cc3)C[C@@]2(C(=O)O)C1. The van der Waals surface area contributed by atoms with Crippen molar-refractivity contribution >= 4 is 11.9 Å². The molecule has 1 aromatic heterocycles. The molecular formula is C20H26N6O3. The molecule has 2 aromatic rings. The number of carbonyl (C=O) groups excluding carboxylic acids is 1. The number of tetrazole rings is 1. The van der Waals surface area contributed by atoms with Crippen molar-refractivity contribution in [2.24, 2.45) is 11.3 Å². The molecule has 154 valence electrons. The molecule has 2 aliphatic rings. The molecule has 2 saturated heterocycles. The summed E-state index contributed by atoms with van der Waals surface area (Å²) in [5.74, 6) is -0.111. The number of aryl methyl sites for hydroxylation is 1. The van der Waals surface area contributed by atoms with Gasteiger partial charge in [0.25, 0.3) is 0 Å². The number of carboxylic acids is 1. The van der Waals surface area contributed by atoms with E-state index in [1.165, 1.54) is 0 Å². The summed E-state index contributed by atoms with van der Waals surface area (Å²) in [5, 5.41) is 21.4. The predicted molar refractivity (Wildman–Crippen MR) is 104 cm³/mol. The maximum Gasteiger partial charge on any atom is 0.313 e. The third kappa shape index (κ3) is 3.50. The highest BCUT2D eigenvalue weighted by Crippen LogP contribution is 2.43. The number of fused-ring (bicyclic) bond motifs is 1. The topological polar surface area (TPSA) is 104 Å². The van der Waals surface area contributed by atoms with Crippen LogP contribution in [0.15, 0.2) is 24.3 Å². The van der Waals surface area contributed by atoms with Crippen LogP contribution in [0.1, 0.15) is 24.7 Å². The van der Waals surface area contributed by atoms with Crippen molar-refractivity contribution in [3.63, 3.8) is 0 Å². The van der Waals surface area contributed by atoms with E-state index in [1.807, 2.05) is 31.2 Å². The fourth-order valence-corrected chi connectivity index (χ4v) is 4.66. The average Bonchev–Trinajstić information content (AvgIpc) is 3.35. The Morgan fingerprint density at radius 3 is 2.55 bits per heavy atom. The van der Waals surface area contributed by atoms with Crippen LogP contribution in [0.2, 0.25) is 0 Å². The highest BCUT2D eigenvalue weighted by molar-refractivity contribution is 5.83. The van der Waals surface area contributed by atoms with Crippen LogP contribution in [-0.2, 0) is 16.0 Å². The first kappa shape index (κ1) is 19.5. The minimum atomic E-state index is -0.827. The van der Waals surface area contributed by atoms with E-state index in [9.17, 15) is 14.7 Å². The van der Waals surface area contributed by atoms with Crippen LogP contribution in [0.4, 0.5) is 0 Å². The number of aromatic nitrogens is 4. The molecule has 1 aromatic carbocycles. The van der Waals surface area contributed by atoms with Gasteiger partial charge in [-0.05, 0) is 48.0 Å². The second kappa shape index (κ2) is 7.55. The molecular weight excluding hydrogens is 372 g/mol. The average molecular weight is 398 g/mol. The van der Waals surface area contributed by atoms with E-state index < -0.39 is 11.4 Å². The van der Waals surface area contributed by atoms with Gasteiger partial charge in [0.15, 0.2) is 5.82 Å².